The predicted molar refractivity (Wildman–Crippen MR) is 163 cm³/mol. The van der Waals surface area contributed by atoms with Crippen LogP contribution in [0.25, 0.3) is 5.70 Å². The van der Waals surface area contributed by atoms with Crippen molar-refractivity contribution in [1.29, 1.82) is 0 Å². The van der Waals surface area contributed by atoms with Crippen molar-refractivity contribution in [2.75, 3.05) is 7.11 Å². The third-order valence-electron chi connectivity index (χ3n) is 7.08. The fraction of sp³-hybridized carbons (Fsp3) is 0.147. The molecular formula is C34H30N2O6S. The average molecular weight is 595 g/mol. The van der Waals surface area contributed by atoms with Crippen LogP contribution in [0.2, 0.25) is 0 Å². The van der Waals surface area contributed by atoms with Crippen LogP contribution in [-0.4, -0.2) is 38.9 Å². The summed E-state index contributed by atoms with van der Waals surface area (Å²) in [4.78, 5) is 32.1. The summed E-state index contributed by atoms with van der Waals surface area (Å²) in [5.74, 6) is -1.35. The Kier molecular flexibility index (Phi) is 8.54. The Bertz CT molecular complexity index is 1790. The number of nitrogens with zero attached hydrogens (tertiary/aromatic N) is 1. The summed E-state index contributed by atoms with van der Waals surface area (Å²) in [5.41, 5.74) is 0.994. The summed E-state index contributed by atoms with van der Waals surface area (Å²) in [6.07, 6.45) is -0.208. The van der Waals surface area contributed by atoms with Gasteiger partial charge < -0.3 is 9.47 Å². The fourth-order valence-electron chi connectivity index (χ4n) is 4.86. The van der Waals surface area contributed by atoms with Gasteiger partial charge in [-0.05, 0) is 42.3 Å². The van der Waals surface area contributed by atoms with E-state index in [-0.39, 0.29) is 34.9 Å². The number of aliphatic imine (C=N–C) groups is 1. The molecule has 8 nitrogen and oxygen atoms in total. The van der Waals surface area contributed by atoms with Crippen molar-refractivity contribution in [1.82, 2.24) is 4.72 Å². The van der Waals surface area contributed by atoms with E-state index in [0.717, 1.165) is 11.1 Å². The van der Waals surface area contributed by atoms with Gasteiger partial charge in [-0.3, -0.25) is 4.72 Å². The second-order valence-electron chi connectivity index (χ2n) is 10.2. The van der Waals surface area contributed by atoms with Gasteiger partial charge in [0.15, 0.2) is 5.54 Å². The van der Waals surface area contributed by atoms with Gasteiger partial charge >= 0.3 is 11.9 Å². The number of benzene rings is 4. The zero-order valence-electron chi connectivity index (χ0n) is 23.7. The van der Waals surface area contributed by atoms with E-state index < -0.39 is 27.5 Å². The molecule has 4 aromatic rings. The molecule has 1 aliphatic heterocycles. The van der Waals surface area contributed by atoms with Crippen LogP contribution in [0.1, 0.15) is 28.7 Å². The predicted octanol–water partition coefficient (Wildman–Crippen LogP) is 5.23. The van der Waals surface area contributed by atoms with Crippen molar-refractivity contribution >= 4 is 33.6 Å². The number of cyclic esters (lactones) is 1. The first-order chi connectivity index (χ1) is 20.7. The molecule has 1 N–H and O–H groups in total. The zero-order valence-corrected chi connectivity index (χ0v) is 24.5. The lowest BCUT2D eigenvalue weighted by atomic mass is 9.84. The molecule has 0 radical (unpaired) electrons. The highest BCUT2D eigenvalue weighted by molar-refractivity contribution is 7.89. The summed E-state index contributed by atoms with van der Waals surface area (Å²) in [6, 6.07) is 33.1. The lowest BCUT2D eigenvalue weighted by molar-refractivity contribution is -0.139. The molecule has 0 aromatic heterocycles. The molecule has 0 amide bonds. The van der Waals surface area contributed by atoms with Gasteiger partial charge in [0.2, 0.25) is 5.90 Å². The third kappa shape index (κ3) is 6.57. The number of carbonyl (C=O) groups is 2. The summed E-state index contributed by atoms with van der Waals surface area (Å²) >= 11 is 0. The molecule has 0 bridgehead atoms. The number of ether oxygens (including phenoxy) is 2. The molecule has 0 fully saturated rings. The normalized spacial score (nSPS) is 17.0. The lowest BCUT2D eigenvalue weighted by Crippen LogP contribution is -2.39. The summed E-state index contributed by atoms with van der Waals surface area (Å²) in [6.45, 7) is 1.85. The second kappa shape index (κ2) is 12.5. The van der Waals surface area contributed by atoms with E-state index in [2.05, 4.69) is 4.72 Å². The smallest absolute Gasteiger partial charge is 0.341 e. The molecule has 0 unspecified atom stereocenters. The summed E-state index contributed by atoms with van der Waals surface area (Å²) in [5, 5.41) is 0. The Hall–Kier alpha value is -5.02. The van der Waals surface area contributed by atoms with Crippen molar-refractivity contribution in [2.24, 2.45) is 4.99 Å². The highest BCUT2D eigenvalue weighted by Crippen LogP contribution is 2.36. The van der Waals surface area contributed by atoms with E-state index in [1.165, 1.54) is 19.2 Å². The first-order valence-corrected chi connectivity index (χ1v) is 15.1. The maximum atomic E-state index is 13.8. The standard InChI is InChI=1S/C34H30N2O6S/c1-24-18-20-28(21-19-24)43(39,40)36-30(26-14-8-4-9-15-26)29(32(37)41-2)23-34(22-25-12-6-3-7-13-25)33(38)42-31(35-34)27-16-10-5-11-17-27/h3-21,36H,22-23H2,1-2H3/b30-29+/t34-/m0/s1. The van der Waals surface area contributed by atoms with Crippen LogP contribution in [0.4, 0.5) is 0 Å². The maximum Gasteiger partial charge on any atom is 0.341 e. The Morgan fingerprint density at radius 2 is 1.44 bits per heavy atom. The van der Waals surface area contributed by atoms with E-state index in [9.17, 15) is 18.0 Å². The molecule has 0 saturated carbocycles. The second-order valence-corrected chi connectivity index (χ2v) is 11.9. The van der Waals surface area contributed by atoms with Gasteiger partial charge in [0.1, 0.15) is 0 Å². The monoisotopic (exact) mass is 594 g/mol. The van der Waals surface area contributed by atoms with Crippen LogP contribution in [0, 0.1) is 6.92 Å². The minimum atomic E-state index is -4.16. The first-order valence-electron chi connectivity index (χ1n) is 13.6. The van der Waals surface area contributed by atoms with Crippen molar-refractivity contribution in [3.63, 3.8) is 0 Å². The highest BCUT2D eigenvalue weighted by Gasteiger charge is 2.48. The Morgan fingerprint density at radius 3 is 2.05 bits per heavy atom. The molecule has 0 spiro atoms. The van der Waals surface area contributed by atoms with Crippen LogP contribution in [0.15, 0.2) is 131 Å². The molecule has 5 rings (SSSR count). The van der Waals surface area contributed by atoms with Crippen LogP contribution in [-0.2, 0) is 35.5 Å². The molecule has 43 heavy (non-hydrogen) atoms. The lowest BCUT2D eigenvalue weighted by Gasteiger charge is -2.25. The first kappa shape index (κ1) is 29.5. The van der Waals surface area contributed by atoms with Crippen LogP contribution in [0.5, 0.6) is 0 Å². The molecule has 1 atom stereocenters. The molecule has 9 heteroatoms. The van der Waals surface area contributed by atoms with E-state index >= 15 is 0 Å². The Morgan fingerprint density at radius 1 is 0.860 bits per heavy atom. The van der Waals surface area contributed by atoms with Crippen molar-refractivity contribution < 1.29 is 27.5 Å². The fourth-order valence-corrected chi connectivity index (χ4v) is 5.98. The molecule has 1 heterocycles. The topological polar surface area (TPSA) is 111 Å². The molecule has 1 aliphatic rings. The summed E-state index contributed by atoms with van der Waals surface area (Å²) < 4.78 is 40.8. The molecule has 0 saturated heterocycles. The molecule has 0 aliphatic carbocycles. The van der Waals surface area contributed by atoms with Gasteiger partial charge in [-0.2, -0.15) is 0 Å². The van der Waals surface area contributed by atoms with Gasteiger partial charge in [-0.1, -0.05) is 96.6 Å². The van der Waals surface area contributed by atoms with Crippen LogP contribution >= 0.6 is 0 Å². The SMILES string of the molecule is COC(=O)/C(C[C@]1(Cc2ccccc2)N=C(c2ccccc2)OC1=O)=C(/NS(=O)(=O)c1ccc(C)cc1)c1ccccc1. The number of methoxy groups -OCH3 is 1. The largest absolute Gasteiger partial charge is 0.466 e. The molecular weight excluding hydrogens is 564 g/mol. The number of sulfonamides is 1. The number of carbonyl (C=O) groups excluding carboxylic acids is 2. The van der Waals surface area contributed by atoms with Crippen molar-refractivity contribution in [3.05, 3.63) is 143 Å². The number of aryl methyl sites for hydroxylation is 1. The van der Waals surface area contributed by atoms with Gasteiger partial charge in [-0.25, -0.2) is 23.0 Å². The Balaban J connectivity index is 1.69. The highest BCUT2D eigenvalue weighted by atomic mass is 32.2. The minimum absolute atomic E-state index is 0.0133. The number of rotatable bonds is 10. The Labute approximate surface area is 250 Å². The van der Waals surface area contributed by atoms with E-state index in [1.807, 2.05) is 43.3 Å². The number of nitrogens with one attached hydrogen (secondary N) is 1. The van der Waals surface area contributed by atoms with Gasteiger partial charge in [0.05, 0.1) is 23.3 Å². The minimum Gasteiger partial charge on any atom is -0.466 e. The van der Waals surface area contributed by atoms with E-state index in [0.29, 0.717) is 11.1 Å². The number of hydrogen-bond donors (Lipinski definition) is 1. The molecule has 4 aromatic carbocycles. The quantitative estimate of drug-likeness (QED) is 0.199. The van der Waals surface area contributed by atoms with Crippen LogP contribution < -0.4 is 4.72 Å². The van der Waals surface area contributed by atoms with E-state index in [4.69, 9.17) is 14.5 Å². The van der Waals surface area contributed by atoms with E-state index in [1.54, 1.807) is 66.7 Å². The van der Waals surface area contributed by atoms with Gasteiger partial charge in [0.25, 0.3) is 10.0 Å². The van der Waals surface area contributed by atoms with Gasteiger partial charge in [-0.15, -0.1) is 0 Å². The summed E-state index contributed by atoms with van der Waals surface area (Å²) in [7, 11) is -2.96. The number of hydrogen-bond acceptors (Lipinski definition) is 7. The maximum absolute atomic E-state index is 13.8. The molecule has 218 valence electrons. The number of esters is 2. The van der Waals surface area contributed by atoms with Crippen molar-refractivity contribution in [3.8, 4) is 0 Å². The third-order valence-corrected chi connectivity index (χ3v) is 8.44. The van der Waals surface area contributed by atoms with Crippen LogP contribution in [0.3, 0.4) is 0 Å². The van der Waals surface area contributed by atoms with Gasteiger partial charge in [0, 0.05) is 18.4 Å². The average Bonchev–Trinajstić information content (AvgIpc) is 3.35. The zero-order chi connectivity index (χ0) is 30.5. The van der Waals surface area contributed by atoms with Crippen molar-refractivity contribution in [2.45, 2.75) is 30.2 Å².